The first kappa shape index (κ1) is 9.31. The fraction of sp³-hybridized carbons (Fsp3) is 1.00. The van der Waals surface area contributed by atoms with Crippen LogP contribution in [0.5, 0.6) is 0 Å². The fourth-order valence-electron chi connectivity index (χ4n) is 0.112. The van der Waals surface area contributed by atoms with Crippen LogP contribution in [0.3, 0.4) is 0 Å². The minimum atomic E-state index is -2.22. The normalized spacial score (nSPS) is 14.0. The van der Waals surface area contributed by atoms with Gasteiger partial charge in [0.15, 0.2) is 0 Å². The quantitative estimate of drug-likeness (QED) is 0.365. The predicted molar refractivity (Wildman–Crippen MR) is 40.9 cm³/mol. The van der Waals surface area contributed by atoms with Gasteiger partial charge in [-0.25, -0.2) is 0 Å². The van der Waals surface area contributed by atoms with E-state index in [1.807, 2.05) is 0 Å². The molecule has 0 saturated carbocycles. The van der Waals surface area contributed by atoms with Gasteiger partial charge in [0, 0.05) is 0 Å². The van der Waals surface area contributed by atoms with Crippen LogP contribution in [0, 0.1) is 0 Å². The molecule has 0 aromatic rings. The van der Waals surface area contributed by atoms with Crippen LogP contribution in [0.2, 0.25) is 26.2 Å². The number of hydrogen-bond acceptors (Lipinski definition) is 3. The molecule has 0 radical (unpaired) electrons. The Bertz CT molecular complexity index is 96.5. The van der Waals surface area contributed by atoms with E-state index >= 15 is 0 Å². The summed E-state index contributed by atoms with van der Waals surface area (Å²) in [5.74, 6) is 0. The number of rotatable bonds is 2. The third kappa shape index (κ3) is 2.19. The van der Waals surface area contributed by atoms with E-state index in [-0.39, 0.29) is 0 Å². The molecule has 0 aliphatic rings. The van der Waals surface area contributed by atoms with Gasteiger partial charge in [0.25, 0.3) is 0 Å². The zero-order chi connectivity index (χ0) is 7.71. The first-order chi connectivity index (χ1) is 3.81. The van der Waals surface area contributed by atoms with E-state index in [1.54, 1.807) is 26.2 Å². The van der Waals surface area contributed by atoms with E-state index in [1.165, 1.54) is 0 Å². The first-order valence-corrected chi connectivity index (χ1v) is 9.72. The summed E-state index contributed by atoms with van der Waals surface area (Å²) in [6.07, 6.45) is 0. The van der Waals surface area contributed by atoms with Gasteiger partial charge in [-0.05, 0) is 26.2 Å². The molecule has 0 saturated heterocycles. The van der Waals surface area contributed by atoms with Crippen molar-refractivity contribution >= 4 is 15.7 Å². The third-order valence-electron chi connectivity index (χ3n) is 1.70. The van der Waals surface area contributed by atoms with Gasteiger partial charge in [0.2, 0.25) is 15.7 Å². The lowest BCUT2D eigenvalue weighted by molar-refractivity contribution is -0.147. The van der Waals surface area contributed by atoms with Crippen LogP contribution in [-0.2, 0) is 4.58 Å². The summed E-state index contributed by atoms with van der Waals surface area (Å²) in [6, 6.07) is 0. The monoisotopic (exact) mass is 166 g/mol. The lowest BCUT2D eigenvalue weighted by atomic mass is 11.9. The summed E-state index contributed by atoms with van der Waals surface area (Å²) in [5.41, 5.74) is 0. The van der Waals surface area contributed by atoms with Gasteiger partial charge in [-0.2, -0.15) is 0 Å². The van der Waals surface area contributed by atoms with Crippen molar-refractivity contribution in [3.8, 4) is 0 Å². The van der Waals surface area contributed by atoms with Crippen LogP contribution in [-0.4, -0.2) is 25.7 Å². The minimum Gasteiger partial charge on any atom is -0.432 e. The standard InChI is InChI=1S/C4H14O3Si2/c1-8(2,6)9(3,4)7-5/h5-6H,1-4H3. The van der Waals surface area contributed by atoms with Crippen molar-refractivity contribution in [2.24, 2.45) is 0 Å². The lowest BCUT2D eigenvalue weighted by Crippen LogP contribution is -2.56. The molecule has 0 amide bonds. The highest BCUT2D eigenvalue weighted by Gasteiger charge is 2.43. The second-order valence-electron chi connectivity index (χ2n) is 3.16. The van der Waals surface area contributed by atoms with Gasteiger partial charge in [-0.3, -0.25) is 9.83 Å². The molecular weight excluding hydrogens is 152 g/mol. The summed E-state index contributed by atoms with van der Waals surface area (Å²) in [6.45, 7) is 7.16. The summed E-state index contributed by atoms with van der Waals surface area (Å²) in [7, 11) is -4.35. The molecule has 0 fully saturated rings. The summed E-state index contributed by atoms with van der Waals surface area (Å²) in [4.78, 5) is 9.46. The Morgan fingerprint density at radius 2 is 1.44 bits per heavy atom. The third-order valence-corrected chi connectivity index (χ3v) is 14.2. The highest BCUT2D eigenvalue weighted by atomic mass is 29.3. The minimum absolute atomic E-state index is 1.77. The molecule has 0 aliphatic carbocycles. The van der Waals surface area contributed by atoms with Gasteiger partial charge in [0.05, 0.1) is 0 Å². The largest absolute Gasteiger partial charge is 0.432 e. The highest BCUT2D eigenvalue weighted by Crippen LogP contribution is 2.15. The van der Waals surface area contributed by atoms with E-state index in [0.717, 1.165) is 0 Å². The Kier molecular flexibility index (Phi) is 2.60. The molecule has 0 aliphatic heterocycles. The summed E-state index contributed by atoms with van der Waals surface area (Å²) in [5, 5.41) is 8.37. The first-order valence-electron chi connectivity index (χ1n) is 2.86. The Morgan fingerprint density at radius 3 is 1.44 bits per heavy atom. The molecule has 3 nitrogen and oxygen atoms in total. The van der Waals surface area contributed by atoms with Crippen molar-refractivity contribution in [3.05, 3.63) is 0 Å². The SMILES string of the molecule is C[Si](C)(O)[Si](C)(C)OO. The molecule has 0 bridgehead atoms. The van der Waals surface area contributed by atoms with E-state index in [2.05, 4.69) is 4.58 Å². The van der Waals surface area contributed by atoms with Crippen molar-refractivity contribution in [3.63, 3.8) is 0 Å². The molecule has 0 unspecified atom stereocenters. The second-order valence-corrected chi connectivity index (χ2v) is 16.8. The van der Waals surface area contributed by atoms with Crippen LogP contribution >= 0.6 is 0 Å². The molecule has 5 heteroatoms. The molecule has 0 rings (SSSR count). The fourth-order valence-corrected chi connectivity index (χ4v) is 1.01. The molecule has 0 atom stereocenters. The van der Waals surface area contributed by atoms with Gasteiger partial charge < -0.3 is 4.80 Å². The zero-order valence-electron chi connectivity index (χ0n) is 6.30. The van der Waals surface area contributed by atoms with Crippen molar-refractivity contribution in [2.75, 3.05) is 0 Å². The molecule has 56 valence electrons. The van der Waals surface area contributed by atoms with E-state index in [4.69, 9.17) is 5.26 Å². The Labute approximate surface area is 57.3 Å². The molecule has 9 heavy (non-hydrogen) atoms. The maximum absolute atomic E-state index is 9.46. The molecule has 0 spiro atoms. The Balaban J connectivity index is 4.14. The van der Waals surface area contributed by atoms with E-state index in [9.17, 15) is 4.80 Å². The van der Waals surface area contributed by atoms with Crippen LogP contribution in [0.15, 0.2) is 0 Å². The van der Waals surface area contributed by atoms with E-state index < -0.39 is 15.7 Å². The average molecular weight is 166 g/mol. The van der Waals surface area contributed by atoms with Crippen LogP contribution < -0.4 is 0 Å². The molecule has 0 aromatic heterocycles. The van der Waals surface area contributed by atoms with Crippen LogP contribution in [0.1, 0.15) is 0 Å². The molecule has 0 heterocycles. The van der Waals surface area contributed by atoms with Gasteiger partial charge >= 0.3 is 0 Å². The zero-order valence-corrected chi connectivity index (χ0v) is 8.30. The maximum Gasteiger partial charge on any atom is 0.250 e. The van der Waals surface area contributed by atoms with Crippen LogP contribution in [0.25, 0.3) is 0 Å². The smallest absolute Gasteiger partial charge is 0.250 e. The Morgan fingerprint density at radius 1 is 1.11 bits per heavy atom. The Hall–Kier alpha value is 0.314. The van der Waals surface area contributed by atoms with Gasteiger partial charge in [-0.15, -0.1) is 0 Å². The van der Waals surface area contributed by atoms with Crippen molar-refractivity contribution in [1.29, 1.82) is 0 Å². The maximum atomic E-state index is 9.46. The van der Waals surface area contributed by atoms with E-state index in [0.29, 0.717) is 0 Å². The topological polar surface area (TPSA) is 49.7 Å². The average Bonchev–Trinajstić information content (AvgIpc) is 1.64. The highest BCUT2D eigenvalue weighted by molar-refractivity contribution is 7.34. The lowest BCUT2D eigenvalue weighted by Gasteiger charge is -2.28. The van der Waals surface area contributed by atoms with Crippen molar-refractivity contribution in [2.45, 2.75) is 26.2 Å². The van der Waals surface area contributed by atoms with Gasteiger partial charge in [0.1, 0.15) is 0 Å². The molecule has 0 aromatic carbocycles. The second kappa shape index (κ2) is 2.51. The molecule has 2 N–H and O–H groups in total. The van der Waals surface area contributed by atoms with Gasteiger partial charge in [-0.1, -0.05) is 0 Å². The van der Waals surface area contributed by atoms with Crippen molar-refractivity contribution in [1.82, 2.24) is 0 Å². The van der Waals surface area contributed by atoms with Crippen LogP contribution in [0.4, 0.5) is 0 Å². The molecular formula is C4H14O3Si2. The summed E-state index contributed by atoms with van der Waals surface area (Å²) >= 11 is 0. The predicted octanol–water partition coefficient (Wildman–Crippen LogP) is 0.957. The summed E-state index contributed by atoms with van der Waals surface area (Å²) < 4.78 is 4.25. The number of hydrogen-bond donors (Lipinski definition) is 2. The van der Waals surface area contributed by atoms with Crippen molar-refractivity contribution < 1.29 is 14.6 Å².